The van der Waals surface area contributed by atoms with Crippen LogP contribution in [0.4, 0.5) is 11.4 Å². The zero-order chi connectivity index (χ0) is 16.2. The van der Waals surface area contributed by atoms with Gasteiger partial charge in [-0.3, -0.25) is 4.72 Å². The van der Waals surface area contributed by atoms with Gasteiger partial charge in [0.25, 0.3) is 0 Å². The number of sulfonamides is 1. The normalized spacial score (nSPS) is 12.9. The molecule has 0 amide bonds. The number of rotatable bonds is 7. The zero-order valence-corrected chi connectivity index (χ0v) is 13.9. The first kappa shape index (κ1) is 16.4. The molecule has 0 fully saturated rings. The van der Waals surface area contributed by atoms with Crippen molar-refractivity contribution in [2.45, 2.75) is 32.7 Å². The zero-order valence-electron chi connectivity index (χ0n) is 13.1. The first-order valence-corrected chi connectivity index (χ1v) is 9.10. The molecule has 0 aliphatic rings. The molecule has 2 N–H and O–H groups in total. The number of hydrogen-bond acceptors (Lipinski definition) is 4. The molecule has 0 bridgehead atoms. The van der Waals surface area contributed by atoms with E-state index in [1.165, 1.54) is 0 Å². The molecule has 1 aromatic carbocycles. The molecular weight excluding hydrogens is 300 g/mol. The summed E-state index contributed by atoms with van der Waals surface area (Å²) >= 11 is 0. The molecule has 0 aliphatic carbocycles. The third kappa shape index (κ3) is 5.11. The molecule has 2 rings (SSSR count). The summed E-state index contributed by atoms with van der Waals surface area (Å²) in [6.07, 6.45) is 4.62. The fourth-order valence-electron chi connectivity index (χ4n) is 2.19. The predicted octanol–water partition coefficient (Wildman–Crippen LogP) is 3.39. The maximum absolute atomic E-state index is 11.4. The summed E-state index contributed by atoms with van der Waals surface area (Å²) in [6.45, 7) is 3.96. The Hall–Kier alpha value is -1.95. The van der Waals surface area contributed by atoms with Gasteiger partial charge in [0.1, 0.15) is 5.76 Å². The average Bonchev–Trinajstić information content (AvgIpc) is 2.92. The van der Waals surface area contributed by atoms with Crippen LogP contribution in [0.1, 0.15) is 24.7 Å². The Morgan fingerprint density at radius 3 is 2.68 bits per heavy atom. The van der Waals surface area contributed by atoms with Crippen LogP contribution >= 0.6 is 0 Å². The van der Waals surface area contributed by atoms with Crippen molar-refractivity contribution < 1.29 is 12.8 Å². The third-order valence-electron chi connectivity index (χ3n) is 3.35. The van der Waals surface area contributed by atoms with Crippen molar-refractivity contribution >= 4 is 21.4 Å². The van der Waals surface area contributed by atoms with Gasteiger partial charge in [0.15, 0.2) is 0 Å². The minimum Gasteiger partial charge on any atom is -0.469 e. The van der Waals surface area contributed by atoms with E-state index in [9.17, 15) is 8.42 Å². The summed E-state index contributed by atoms with van der Waals surface area (Å²) in [5.74, 6) is 0.969. The lowest BCUT2D eigenvalue weighted by molar-refractivity contribution is 0.495. The lowest BCUT2D eigenvalue weighted by Crippen LogP contribution is -2.16. The molecule has 0 saturated heterocycles. The molecule has 1 heterocycles. The van der Waals surface area contributed by atoms with Crippen LogP contribution in [0.2, 0.25) is 0 Å². The van der Waals surface area contributed by atoms with E-state index in [1.807, 2.05) is 37.3 Å². The number of furan rings is 1. The Balaban J connectivity index is 1.98. The number of anilines is 2. The molecule has 120 valence electrons. The summed E-state index contributed by atoms with van der Waals surface area (Å²) in [6, 6.07) is 9.77. The highest BCUT2D eigenvalue weighted by Crippen LogP contribution is 2.22. The predicted molar refractivity (Wildman–Crippen MR) is 89.8 cm³/mol. The van der Waals surface area contributed by atoms with Crippen molar-refractivity contribution in [2.24, 2.45) is 0 Å². The molecular formula is C16H22N2O3S. The van der Waals surface area contributed by atoms with E-state index in [1.54, 1.807) is 6.26 Å². The van der Waals surface area contributed by atoms with Crippen molar-refractivity contribution in [2.75, 3.05) is 16.3 Å². The molecule has 5 nitrogen and oxygen atoms in total. The number of aryl methyl sites for hydroxylation is 2. The summed E-state index contributed by atoms with van der Waals surface area (Å²) in [5, 5.41) is 3.38. The van der Waals surface area contributed by atoms with Gasteiger partial charge >= 0.3 is 0 Å². The third-order valence-corrected chi connectivity index (χ3v) is 3.94. The molecule has 22 heavy (non-hydrogen) atoms. The van der Waals surface area contributed by atoms with Gasteiger partial charge < -0.3 is 9.73 Å². The highest BCUT2D eigenvalue weighted by atomic mass is 32.2. The van der Waals surface area contributed by atoms with Crippen molar-refractivity contribution in [3.05, 3.63) is 47.9 Å². The van der Waals surface area contributed by atoms with Gasteiger partial charge in [0.2, 0.25) is 10.0 Å². The fraction of sp³-hybridized carbons (Fsp3) is 0.375. The van der Waals surface area contributed by atoms with E-state index in [-0.39, 0.29) is 6.04 Å². The SMILES string of the molecule is Cc1ccc(N[C@H](C)CCc2ccco2)cc1NS(C)(=O)=O. The van der Waals surface area contributed by atoms with E-state index in [0.29, 0.717) is 5.69 Å². The van der Waals surface area contributed by atoms with Crippen molar-refractivity contribution in [3.8, 4) is 0 Å². The Bertz CT molecular complexity index is 709. The van der Waals surface area contributed by atoms with Gasteiger partial charge in [0.05, 0.1) is 18.2 Å². The van der Waals surface area contributed by atoms with E-state index < -0.39 is 10.0 Å². The van der Waals surface area contributed by atoms with E-state index in [2.05, 4.69) is 17.0 Å². The van der Waals surface area contributed by atoms with Gasteiger partial charge in [-0.25, -0.2) is 8.42 Å². The molecule has 0 unspecified atom stereocenters. The second kappa shape index (κ2) is 6.87. The fourth-order valence-corrected chi connectivity index (χ4v) is 2.81. The Kier molecular flexibility index (Phi) is 5.13. The standard InChI is InChI=1S/C16H22N2O3S/c1-12-6-8-14(11-16(12)18-22(3,19)20)17-13(2)7-9-15-5-4-10-21-15/h4-6,8,10-11,13,17-18H,7,9H2,1-3H3/t13-/m1/s1. The van der Waals surface area contributed by atoms with Crippen LogP contribution in [-0.2, 0) is 16.4 Å². The molecule has 0 saturated carbocycles. The molecule has 6 heteroatoms. The first-order valence-electron chi connectivity index (χ1n) is 7.21. The minimum atomic E-state index is -3.27. The van der Waals surface area contributed by atoms with Gasteiger partial charge in [-0.1, -0.05) is 6.07 Å². The number of nitrogens with one attached hydrogen (secondary N) is 2. The maximum atomic E-state index is 11.4. The number of benzene rings is 1. The molecule has 0 radical (unpaired) electrons. The lowest BCUT2D eigenvalue weighted by atomic mass is 10.1. The summed E-state index contributed by atoms with van der Waals surface area (Å²) in [7, 11) is -3.27. The second-order valence-electron chi connectivity index (χ2n) is 5.57. The largest absolute Gasteiger partial charge is 0.469 e. The van der Waals surface area contributed by atoms with Crippen LogP contribution in [0.3, 0.4) is 0 Å². The Morgan fingerprint density at radius 2 is 2.05 bits per heavy atom. The Labute approximate surface area is 131 Å². The van der Waals surface area contributed by atoms with Crippen molar-refractivity contribution in [1.29, 1.82) is 0 Å². The van der Waals surface area contributed by atoms with Crippen LogP contribution in [-0.4, -0.2) is 20.7 Å². The van der Waals surface area contributed by atoms with Crippen LogP contribution in [0.15, 0.2) is 41.0 Å². The van der Waals surface area contributed by atoms with Crippen molar-refractivity contribution in [1.82, 2.24) is 0 Å². The van der Waals surface area contributed by atoms with Crippen LogP contribution in [0, 0.1) is 6.92 Å². The second-order valence-corrected chi connectivity index (χ2v) is 7.32. The minimum absolute atomic E-state index is 0.249. The van der Waals surface area contributed by atoms with E-state index >= 15 is 0 Å². The monoisotopic (exact) mass is 322 g/mol. The topological polar surface area (TPSA) is 71.3 Å². The number of hydrogen-bond donors (Lipinski definition) is 2. The van der Waals surface area contributed by atoms with Gasteiger partial charge in [-0.15, -0.1) is 0 Å². The maximum Gasteiger partial charge on any atom is 0.229 e. The summed E-state index contributed by atoms with van der Waals surface area (Å²) in [5.41, 5.74) is 2.38. The average molecular weight is 322 g/mol. The van der Waals surface area contributed by atoms with E-state index in [4.69, 9.17) is 4.42 Å². The van der Waals surface area contributed by atoms with Crippen LogP contribution < -0.4 is 10.0 Å². The first-order chi connectivity index (χ1) is 10.3. The van der Waals surface area contributed by atoms with Crippen molar-refractivity contribution in [3.63, 3.8) is 0 Å². The lowest BCUT2D eigenvalue weighted by Gasteiger charge is -2.16. The molecule has 1 atom stereocenters. The van der Waals surface area contributed by atoms with Gasteiger partial charge in [0, 0.05) is 18.2 Å². The van der Waals surface area contributed by atoms with Gasteiger partial charge in [-0.05, 0) is 50.1 Å². The summed E-state index contributed by atoms with van der Waals surface area (Å²) < 4.78 is 30.6. The molecule has 0 spiro atoms. The van der Waals surface area contributed by atoms with Crippen LogP contribution in [0.25, 0.3) is 0 Å². The van der Waals surface area contributed by atoms with Crippen LogP contribution in [0.5, 0.6) is 0 Å². The summed E-state index contributed by atoms with van der Waals surface area (Å²) in [4.78, 5) is 0. The van der Waals surface area contributed by atoms with E-state index in [0.717, 1.165) is 36.1 Å². The molecule has 1 aromatic heterocycles. The highest BCUT2D eigenvalue weighted by molar-refractivity contribution is 7.92. The van der Waals surface area contributed by atoms with Gasteiger partial charge in [-0.2, -0.15) is 0 Å². The smallest absolute Gasteiger partial charge is 0.229 e. The molecule has 0 aliphatic heterocycles. The quantitative estimate of drug-likeness (QED) is 0.819. The highest BCUT2D eigenvalue weighted by Gasteiger charge is 2.08. The Morgan fingerprint density at radius 1 is 1.27 bits per heavy atom. The molecule has 2 aromatic rings.